The summed E-state index contributed by atoms with van der Waals surface area (Å²) in [4.78, 5) is 25.5. The highest BCUT2D eigenvalue weighted by Gasteiger charge is 2.37. The van der Waals surface area contributed by atoms with E-state index in [-0.39, 0.29) is 34.6 Å². The molecule has 0 bridgehead atoms. The number of hydrogen-bond acceptors (Lipinski definition) is 5. The van der Waals surface area contributed by atoms with E-state index in [9.17, 15) is 22.8 Å². The van der Waals surface area contributed by atoms with E-state index in [1.165, 1.54) is 30.3 Å². The van der Waals surface area contributed by atoms with E-state index in [1.807, 2.05) is 13.8 Å². The van der Waals surface area contributed by atoms with Crippen molar-refractivity contribution in [3.8, 4) is 5.75 Å². The van der Waals surface area contributed by atoms with Gasteiger partial charge in [-0.3, -0.25) is 4.79 Å². The quantitative estimate of drug-likeness (QED) is 0.391. The Kier molecular flexibility index (Phi) is 7.80. The average molecular weight is 478 g/mol. The topological polar surface area (TPSA) is 92.9 Å². The summed E-state index contributed by atoms with van der Waals surface area (Å²) < 4.78 is 50.3. The molecule has 182 valence electrons. The second kappa shape index (κ2) is 10.6. The zero-order chi connectivity index (χ0) is 24.9. The lowest BCUT2D eigenvalue weighted by atomic mass is 10.0. The minimum absolute atomic E-state index is 0.0326. The van der Waals surface area contributed by atoms with Gasteiger partial charge in [0.2, 0.25) is 0 Å². The van der Waals surface area contributed by atoms with Crippen LogP contribution in [0.3, 0.4) is 0 Å². The summed E-state index contributed by atoms with van der Waals surface area (Å²) in [6, 6.07) is 8.61. The first-order chi connectivity index (χ1) is 16.2. The van der Waals surface area contributed by atoms with Crippen LogP contribution >= 0.6 is 0 Å². The van der Waals surface area contributed by atoms with Gasteiger partial charge in [-0.15, -0.1) is 0 Å². The number of benzene rings is 2. The number of carbonyl (C=O) groups excluding carboxylic acids is 1. The number of carbonyl (C=O) groups is 2. The van der Waals surface area contributed by atoms with Gasteiger partial charge in [0.05, 0.1) is 17.6 Å². The van der Waals surface area contributed by atoms with E-state index in [0.29, 0.717) is 43.7 Å². The molecule has 0 aliphatic heterocycles. The van der Waals surface area contributed by atoms with E-state index in [1.54, 1.807) is 11.0 Å². The lowest BCUT2D eigenvalue weighted by molar-refractivity contribution is -0.141. The number of aromatic nitrogens is 1. The van der Waals surface area contributed by atoms with E-state index >= 15 is 0 Å². The van der Waals surface area contributed by atoms with Gasteiger partial charge in [-0.25, -0.2) is 4.79 Å². The van der Waals surface area contributed by atoms with Crippen molar-refractivity contribution in [1.29, 1.82) is 0 Å². The predicted octanol–water partition coefficient (Wildman–Crippen LogP) is 5.43. The smallest absolute Gasteiger partial charge is 0.437 e. The Labute approximate surface area is 194 Å². The van der Waals surface area contributed by atoms with Crippen LogP contribution in [0.4, 0.5) is 13.2 Å². The molecule has 0 aliphatic carbocycles. The van der Waals surface area contributed by atoms with Crippen LogP contribution in [0.1, 0.15) is 58.7 Å². The first kappa shape index (κ1) is 25.1. The fourth-order valence-corrected chi connectivity index (χ4v) is 3.68. The standard InChI is InChI=1S/C24H25F3N2O5/c1-3-7-17-19(11-10-18-20(17)34-28-21(18)24(25,26)27)33-13-6-12-29(4-2)22(30)15-8-5-9-16(14-15)23(31)32/h5,8-11,14H,3-4,6-7,12-13H2,1-2H3,(H,31,32). The second-order valence-electron chi connectivity index (χ2n) is 7.67. The van der Waals surface area contributed by atoms with Crippen molar-refractivity contribution in [2.24, 2.45) is 0 Å². The Morgan fingerprint density at radius 1 is 1.15 bits per heavy atom. The van der Waals surface area contributed by atoms with E-state index in [2.05, 4.69) is 5.16 Å². The lowest BCUT2D eigenvalue weighted by Crippen LogP contribution is -2.32. The molecule has 0 unspecified atom stereocenters. The van der Waals surface area contributed by atoms with Crippen LogP contribution < -0.4 is 4.74 Å². The van der Waals surface area contributed by atoms with Gasteiger partial charge in [-0.05, 0) is 50.1 Å². The highest BCUT2D eigenvalue weighted by atomic mass is 19.4. The molecule has 3 rings (SSSR count). The molecule has 10 heteroatoms. The van der Waals surface area contributed by atoms with Gasteiger partial charge in [-0.2, -0.15) is 13.2 Å². The monoisotopic (exact) mass is 478 g/mol. The van der Waals surface area contributed by atoms with Crippen LogP contribution in [-0.4, -0.2) is 46.7 Å². The van der Waals surface area contributed by atoms with Gasteiger partial charge < -0.3 is 19.3 Å². The van der Waals surface area contributed by atoms with Crippen molar-refractivity contribution in [1.82, 2.24) is 10.1 Å². The number of alkyl halides is 3. The Morgan fingerprint density at radius 2 is 1.88 bits per heavy atom. The van der Waals surface area contributed by atoms with Crippen LogP contribution in [0.2, 0.25) is 0 Å². The van der Waals surface area contributed by atoms with Crippen LogP contribution in [0.15, 0.2) is 40.9 Å². The Bertz CT molecular complexity index is 1170. The van der Waals surface area contributed by atoms with E-state index in [0.717, 1.165) is 0 Å². The third-order valence-electron chi connectivity index (χ3n) is 5.32. The SMILES string of the molecule is CCCc1c(OCCCN(CC)C(=O)c2cccc(C(=O)O)c2)ccc2c(C(F)(F)F)noc12. The summed E-state index contributed by atoms with van der Waals surface area (Å²) in [5.74, 6) is -0.983. The zero-order valence-electron chi connectivity index (χ0n) is 18.8. The summed E-state index contributed by atoms with van der Waals surface area (Å²) >= 11 is 0. The zero-order valence-corrected chi connectivity index (χ0v) is 18.8. The number of nitrogens with zero attached hydrogens (tertiary/aromatic N) is 2. The molecule has 34 heavy (non-hydrogen) atoms. The maximum atomic E-state index is 13.2. The first-order valence-corrected chi connectivity index (χ1v) is 10.9. The summed E-state index contributed by atoms with van der Waals surface area (Å²) in [6.45, 7) is 4.71. The van der Waals surface area contributed by atoms with Gasteiger partial charge in [0.15, 0.2) is 11.3 Å². The van der Waals surface area contributed by atoms with Crippen molar-refractivity contribution >= 4 is 22.8 Å². The van der Waals surface area contributed by atoms with Crippen molar-refractivity contribution in [3.63, 3.8) is 0 Å². The normalized spacial score (nSPS) is 11.6. The number of halogens is 3. The molecule has 0 radical (unpaired) electrons. The van der Waals surface area contributed by atoms with Gasteiger partial charge in [0, 0.05) is 24.2 Å². The molecule has 3 aromatic rings. The number of aromatic carboxylic acids is 1. The number of ether oxygens (including phenoxy) is 1. The molecule has 1 N–H and O–H groups in total. The number of carboxylic acid groups (broad SMARTS) is 1. The minimum Gasteiger partial charge on any atom is -0.493 e. The van der Waals surface area contributed by atoms with Crippen LogP contribution in [0, 0.1) is 0 Å². The summed E-state index contributed by atoms with van der Waals surface area (Å²) in [7, 11) is 0. The lowest BCUT2D eigenvalue weighted by Gasteiger charge is -2.21. The number of aryl methyl sites for hydroxylation is 1. The summed E-state index contributed by atoms with van der Waals surface area (Å²) in [5, 5.41) is 12.2. The highest BCUT2D eigenvalue weighted by Crippen LogP contribution is 2.38. The number of carboxylic acids is 1. The minimum atomic E-state index is -4.61. The first-order valence-electron chi connectivity index (χ1n) is 10.9. The second-order valence-corrected chi connectivity index (χ2v) is 7.67. The molecule has 0 aliphatic rings. The molecular weight excluding hydrogens is 453 g/mol. The van der Waals surface area contributed by atoms with Crippen molar-refractivity contribution in [3.05, 3.63) is 58.8 Å². The Balaban J connectivity index is 1.68. The molecule has 0 fully saturated rings. The molecule has 1 aromatic heterocycles. The average Bonchev–Trinajstić information content (AvgIpc) is 3.25. The largest absolute Gasteiger partial charge is 0.493 e. The number of rotatable bonds is 10. The van der Waals surface area contributed by atoms with E-state index < -0.39 is 17.8 Å². The predicted molar refractivity (Wildman–Crippen MR) is 118 cm³/mol. The molecule has 2 aromatic carbocycles. The Morgan fingerprint density at radius 3 is 2.53 bits per heavy atom. The van der Waals surface area contributed by atoms with Gasteiger partial charge in [0.25, 0.3) is 5.91 Å². The number of fused-ring (bicyclic) bond motifs is 1. The molecule has 0 spiro atoms. The van der Waals surface area contributed by atoms with Crippen molar-refractivity contribution < 1.29 is 37.1 Å². The molecule has 0 saturated heterocycles. The van der Waals surface area contributed by atoms with Crippen LogP contribution in [0.5, 0.6) is 5.75 Å². The third kappa shape index (κ3) is 5.49. The van der Waals surface area contributed by atoms with Crippen LogP contribution in [-0.2, 0) is 12.6 Å². The van der Waals surface area contributed by atoms with Gasteiger partial charge in [-0.1, -0.05) is 24.6 Å². The van der Waals surface area contributed by atoms with Gasteiger partial charge in [0.1, 0.15) is 5.75 Å². The molecule has 1 amide bonds. The number of hydrogen-bond donors (Lipinski definition) is 1. The fraction of sp³-hybridized carbons (Fsp3) is 0.375. The summed E-state index contributed by atoms with van der Waals surface area (Å²) in [5.41, 5.74) is -0.156. The van der Waals surface area contributed by atoms with Crippen molar-refractivity contribution in [2.75, 3.05) is 19.7 Å². The van der Waals surface area contributed by atoms with E-state index in [4.69, 9.17) is 14.4 Å². The summed E-state index contributed by atoms with van der Waals surface area (Å²) in [6.07, 6.45) is -3.02. The van der Waals surface area contributed by atoms with Gasteiger partial charge >= 0.3 is 12.1 Å². The molecular formula is C24H25F3N2O5. The fourth-order valence-electron chi connectivity index (χ4n) is 3.68. The maximum absolute atomic E-state index is 13.2. The third-order valence-corrected chi connectivity index (χ3v) is 5.32. The molecule has 0 atom stereocenters. The highest BCUT2D eigenvalue weighted by molar-refractivity contribution is 5.97. The molecule has 7 nitrogen and oxygen atoms in total. The molecule has 0 saturated carbocycles. The number of amides is 1. The Hall–Kier alpha value is -3.56. The van der Waals surface area contributed by atoms with Crippen molar-refractivity contribution in [2.45, 2.75) is 39.3 Å². The maximum Gasteiger partial charge on any atom is 0.437 e. The van der Waals surface area contributed by atoms with Crippen LogP contribution in [0.25, 0.3) is 11.0 Å². The molecule has 1 heterocycles.